The second-order valence-corrected chi connectivity index (χ2v) is 6.66. The summed E-state index contributed by atoms with van der Waals surface area (Å²) < 4.78 is 6.88. The second kappa shape index (κ2) is 7.05. The number of likely N-dealkylation sites (tertiary alicyclic amines) is 1. The van der Waals surface area contributed by atoms with Gasteiger partial charge in [0.1, 0.15) is 6.61 Å². The first-order valence-electron chi connectivity index (χ1n) is 7.66. The smallest absolute Gasteiger partial charge is 0.248 e. The Kier molecular flexibility index (Phi) is 4.88. The topological polar surface area (TPSA) is 29.5 Å². The molecule has 3 rings (SSSR count). The highest BCUT2D eigenvalue weighted by Crippen LogP contribution is 2.25. The van der Waals surface area contributed by atoms with Gasteiger partial charge in [-0.15, -0.1) is 11.3 Å². The molecule has 2 heterocycles. The maximum absolute atomic E-state index is 12.0. The lowest BCUT2D eigenvalue weighted by Gasteiger charge is -2.26. The molecule has 0 N–H and O–H groups in total. The Bertz CT molecular complexity index is 569. The number of rotatable bonds is 5. The van der Waals surface area contributed by atoms with Crippen molar-refractivity contribution in [1.82, 2.24) is 4.90 Å². The van der Waals surface area contributed by atoms with E-state index in [2.05, 4.69) is 30.3 Å². The number of piperidine rings is 1. The fourth-order valence-corrected chi connectivity index (χ4v) is 3.77. The molecule has 1 amide bonds. The summed E-state index contributed by atoms with van der Waals surface area (Å²) in [7, 11) is 0. The van der Waals surface area contributed by atoms with Crippen LogP contribution in [0.2, 0.25) is 0 Å². The minimum atomic E-state index is 0.144. The molecule has 0 unspecified atom stereocenters. The van der Waals surface area contributed by atoms with Crippen molar-refractivity contribution >= 4 is 27.3 Å². The van der Waals surface area contributed by atoms with Gasteiger partial charge in [0.2, 0.25) is 5.91 Å². The van der Waals surface area contributed by atoms with Crippen molar-refractivity contribution in [1.29, 1.82) is 0 Å². The molecule has 1 saturated heterocycles. The molecule has 0 radical (unpaired) electrons. The number of benzene rings is 1. The van der Waals surface area contributed by atoms with Gasteiger partial charge in [-0.1, -0.05) is 18.2 Å². The maximum Gasteiger partial charge on any atom is 0.248 e. The van der Waals surface area contributed by atoms with E-state index in [0.29, 0.717) is 6.61 Å². The molecule has 112 valence electrons. The molecule has 1 aliphatic rings. The van der Waals surface area contributed by atoms with E-state index in [1.807, 2.05) is 16.2 Å². The normalized spacial score (nSPS) is 15.5. The van der Waals surface area contributed by atoms with E-state index in [4.69, 9.17) is 4.74 Å². The SMILES string of the molecule is O=C(COCCc1cc2ccccc2s1)N1CCCCC1. The fourth-order valence-electron chi connectivity index (χ4n) is 2.73. The largest absolute Gasteiger partial charge is 0.371 e. The van der Waals surface area contributed by atoms with Crippen LogP contribution in [0.5, 0.6) is 0 Å². The Morgan fingerprint density at radius 2 is 2.00 bits per heavy atom. The minimum Gasteiger partial charge on any atom is -0.371 e. The molecule has 2 aromatic rings. The zero-order chi connectivity index (χ0) is 14.5. The van der Waals surface area contributed by atoms with Crippen molar-refractivity contribution in [2.75, 3.05) is 26.3 Å². The molecule has 1 aliphatic heterocycles. The highest BCUT2D eigenvalue weighted by atomic mass is 32.1. The van der Waals surface area contributed by atoms with Crippen molar-refractivity contribution < 1.29 is 9.53 Å². The molecular weight excluding hydrogens is 282 g/mol. The molecule has 0 bridgehead atoms. The number of carbonyl (C=O) groups excluding carboxylic acids is 1. The van der Waals surface area contributed by atoms with Gasteiger partial charge in [-0.25, -0.2) is 0 Å². The number of ether oxygens (including phenoxy) is 1. The number of hydrogen-bond acceptors (Lipinski definition) is 3. The van der Waals surface area contributed by atoms with E-state index in [-0.39, 0.29) is 12.5 Å². The van der Waals surface area contributed by atoms with Gasteiger partial charge in [-0.2, -0.15) is 0 Å². The van der Waals surface area contributed by atoms with Crippen LogP contribution in [0, 0.1) is 0 Å². The third-order valence-corrected chi connectivity index (χ3v) is 5.08. The standard InChI is InChI=1S/C17H21NO2S/c19-17(18-9-4-1-5-10-18)13-20-11-8-15-12-14-6-2-3-7-16(14)21-15/h2-3,6-7,12H,1,4-5,8-11,13H2. The van der Waals surface area contributed by atoms with Crippen molar-refractivity contribution in [3.05, 3.63) is 35.2 Å². The number of nitrogens with zero attached hydrogens (tertiary/aromatic N) is 1. The zero-order valence-corrected chi connectivity index (χ0v) is 13.0. The van der Waals surface area contributed by atoms with Crippen molar-refractivity contribution in [2.24, 2.45) is 0 Å². The Balaban J connectivity index is 1.42. The van der Waals surface area contributed by atoms with Gasteiger partial charge in [-0.3, -0.25) is 4.79 Å². The summed E-state index contributed by atoms with van der Waals surface area (Å²) in [6, 6.07) is 10.6. The van der Waals surface area contributed by atoms with Crippen LogP contribution in [0.1, 0.15) is 24.1 Å². The average molecular weight is 303 g/mol. The number of fused-ring (bicyclic) bond motifs is 1. The lowest BCUT2D eigenvalue weighted by Crippen LogP contribution is -2.38. The first-order chi connectivity index (χ1) is 10.3. The lowest BCUT2D eigenvalue weighted by atomic mass is 10.1. The van der Waals surface area contributed by atoms with Crippen molar-refractivity contribution in [3.8, 4) is 0 Å². The minimum absolute atomic E-state index is 0.144. The van der Waals surface area contributed by atoms with Gasteiger partial charge in [0, 0.05) is 29.1 Å². The Hall–Kier alpha value is -1.39. The zero-order valence-electron chi connectivity index (χ0n) is 12.2. The van der Waals surface area contributed by atoms with Gasteiger partial charge >= 0.3 is 0 Å². The molecule has 1 aromatic heterocycles. The Labute approximate surface area is 129 Å². The quantitative estimate of drug-likeness (QED) is 0.792. The van der Waals surface area contributed by atoms with Crippen LogP contribution in [0.25, 0.3) is 10.1 Å². The Morgan fingerprint density at radius 3 is 2.81 bits per heavy atom. The lowest BCUT2D eigenvalue weighted by molar-refractivity contribution is -0.137. The van der Waals surface area contributed by atoms with Crippen LogP contribution in [0.3, 0.4) is 0 Å². The molecule has 1 aromatic carbocycles. The van der Waals surface area contributed by atoms with E-state index >= 15 is 0 Å². The highest BCUT2D eigenvalue weighted by molar-refractivity contribution is 7.19. The van der Waals surface area contributed by atoms with E-state index in [1.54, 1.807) is 0 Å². The number of amides is 1. The molecular formula is C17H21NO2S. The third-order valence-electron chi connectivity index (χ3n) is 3.90. The summed E-state index contributed by atoms with van der Waals surface area (Å²) >= 11 is 1.81. The molecule has 3 nitrogen and oxygen atoms in total. The van der Waals surface area contributed by atoms with Crippen molar-refractivity contribution in [2.45, 2.75) is 25.7 Å². The van der Waals surface area contributed by atoms with Crippen molar-refractivity contribution in [3.63, 3.8) is 0 Å². The van der Waals surface area contributed by atoms with Crippen LogP contribution < -0.4 is 0 Å². The monoisotopic (exact) mass is 303 g/mol. The number of hydrogen-bond donors (Lipinski definition) is 0. The summed E-state index contributed by atoms with van der Waals surface area (Å²) in [5.41, 5.74) is 0. The maximum atomic E-state index is 12.0. The van der Waals surface area contributed by atoms with Crippen LogP contribution in [0.4, 0.5) is 0 Å². The first kappa shape index (κ1) is 14.5. The predicted octanol–water partition coefficient (Wildman–Crippen LogP) is 3.47. The van der Waals surface area contributed by atoms with Crippen LogP contribution in [-0.4, -0.2) is 37.1 Å². The Morgan fingerprint density at radius 1 is 1.19 bits per heavy atom. The molecule has 0 aliphatic carbocycles. The summed E-state index contributed by atoms with van der Waals surface area (Å²) in [6.45, 7) is 2.65. The molecule has 1 fully saturated rings. The summed E-state index contributed by atoms with van der Waals surface area (Å²) in [4.78, 5) is 15.2. The third kappa shape index (κ3) is 3.83. The predicted molar refractivity (Wildman–Crippen MR) is 86.8 cm³/mol. The van der Waals surface area contributed by atoms with E-state index in [9.17, 15) is 4.79 Å². The van der Waals surface area contributed by atoms with Gasteiger partial charge in [0.25, 0.3) is 0 Å². The molecule has 0 spiro atoms. The number of thiophene rings is 1. The van der Waals surface area contributed by atoms with E-state index in [0.717, 1.165) is 32.4 Å². The molecule has 21 heavy (non-hydrogen) atoms. The molecule has 4 heteroatoms. The molecule has 0 atom stereocenters. The highest BCUT2D eigenvalue weighted by Gasteiger charge is 2.16. The van der Waals surface area contributed by atoms with Crippen LogP contribution in [-0.2, 0) is 16.0 Å². The fraction of sp³-hybridized carbons (Fsp3) is 0.471. The summed E-state index contributed by atoms with van der Waals surface area (Å²) in [6.07, 6.45) is 4.39. The first-order valence-corrected chi connectivity index (χ1v) is 8.47. The molecule has 0 saturated carbocycles. The van der Waals surface area contributed by atoms with E-state index < -0.39 is 0 Å². The summed E-state index contributed by atoms with van der Waals surface area (Å²) in [5, 5.41) is 1.29. The van der Waals surface area contributed by atoms with Gasteiger partial charge in [0.05, 0.1) is 6.61 Å². The van der Waals surface area contributed by atoms with Crippen LogP contribution >= 0.6 is 11.3 Å². The number of carbonyl (C=O) groups is 1. The van der Waals surface area contributed by atoms with Gasteiger partial charge < -0.3 is 9.64 Å². The van der Waals surface area contributed by atoms with Gasteiger partial charge in [0.15, 0.2) is 0 Å². The van der Waals surface area contributed by atoms with Crippen LogP contribution in [0.15, 0.2) is 30.3 Å². The van der Waals surface area contributed by atoms with E-state index in [1.165, 1.54) is 21.4 Å². The summed E-state index contributed by atoms with van der Waals surface area (Å²) in [5.74, 6) is 0.144. The average Bonchev–Trinajstić information content (AvgIpc) is 2.95. The van der Waals surface area contributed by atoms with Gasteiger partial charge in [-0.05, 0) is 36.8 Å². The second-order valence-electron chi connectivity index (χ2n) is 5.49.